The fraction of sp³-hybridized carbons (Fsp3) is 0.188. The fourth-order valence-electron chi connectivity index (χ4n) is 1.79. The molecule has 0 aliphatic rings. The third-order valence-corrected chi connectivity index (χ3v) is 3.30. The van der Waals surface area contributed by atoms with Gasteiger partial charge in [0.2, 0.25) is 5.91 Å². The summed E-state index contributed by atoms with van der Waals surface area (Å²) >= 11 is 3.39. The Morgan fingerprint density at radius 3 is 2.65 bits per heavy atom. The van der Waals surface area contributed by atoms with Crippen molar-refractivity contribution in [2.45, 2.75) is 13.5 Å². The van der Waals surface area contributed by atoms with E-state index in [4.69, 9.17) is 4.74 Å². The number of nitrogens with one attached hydrogen (secondary N) is 1. The number of amides is 1. The summed E-state index contributed by atoms with van der Waals surface area (Å²) in [6, 6.07) is 15.5. The highest BCUT2D eigenvalue weighted by Gasteiger charge is 2.05. The molecule has 0 atom stereocenters. The average molecular weight is 334 g/mol. The summed E-state index contributed by atoms with van der Waals surface area (Å²) in [5, 5.41) is 2.84. The Morgan fingerprint density at radius 2 is 1.95 bits per heavy atom. The molecule has 104 valence electrons. The van der Waals surface area contributed by atoms with E-state index in [9.17, 15) is 4.79 Å². The van der Waals surface area contributed by atoms with Crippen LogP contribution < -0.4 is 5.32 Å². The largest absolute Gasteiger partial charge is 0.367 e. The van der Waals surface area contributed by atoms with E-state index in [1.807, 2.05) is 55.5 Å². The summed E-state index contributed by atoms with van der Waals surface area (Å²) in [6.07, 6.45) is 0. The van der Waals surface area contributed by atoms with Crippen molar-refractivity contribution in [1.82, 2.24) is 0 Å². The third kappa shape index (κ3) is 4.47. The quantitative estimate of drug-likeness (QED) is 0.900. The summed E-state index contributed by atoms with van der Waals surface area (Å²) in [6.45, 7) is 2.43. The lowest BCUT2D eigenvalue weighted by molar-refractivity contribution is -0.121. The molecule has 0 saturated carbocycles. The summed E-state index contributed by atoms with van der Waals surface area (Å²) in [7, 11) is 0. The van der Waals surface area contributed by atoms with Crippen LogP contribution in [0.15, 0.2) is 53.0 Å². The van der Waals surface area contributed by atoms with Gasteiger partial charge in [-0.1, -0.05) is 46.3 Å². The Labute approximate surface area is 127 Å². The summed E-state index contributed by atoms with van der Waals surface area (Å²) in [5.41, 5.74) is 2.87. The lowest BCUT2D eigenvalue weighted by Gasteiger charge is -2.09. The van der Waals surface area contributed by atoms with Gasteiger partial charge >= 0.3 is 0 Å². The molecule has 3 nitrogen and oxygen atoms in total. The second-order valence-electron chi connectivity index (χ2n) is 4.49. The number of rotatable bonds is 5. The van der Waals surface area contributed by atoms with Crippen LogP contribution in [0.2, 0.25) is 0 Å². The normalized spacial score (nSPS) is 10.3. The van der Waals surface area contributed by atoms with Crippen molar-refractivity contribution in [3.63, 3.8) is 0 Å². The maximum absolute atomic E-state index is 11.8. The SMILES string of the molecule is Cc1cc(Br)ccc1NC(=O)COCc1ccccc1. The van der Waals surface area contributed by atoms with Gasteiger partial charge in [0.15, 0.2) is 0 Å². The Bertz CT molecular complexity index is 584. The number of carbonyl (C=O) groups excluding carboxylic acids is 1. The zero-order valence-corrected chi connectivity index (χ0v) is 12.8. The second-order valence-corrected chi connectivity index (χ2v) is 5.40. The van der Waals surface area contributed by atoms with Gasteiger partial charge in [0, 0.05) is 10.2 Å². The molecule has 0 heterocycles. The summed E-state index contributed by atoms with van der Waals surface area (Å²) < 4.78 is 6.39. The van der Waals surface area contributed by atoms with Crippen molar-refractivity contribution in [1.29, 1.82) is 0 Å². The number of benzene rings is 2. The fourth-order valence-corrected chi connectivity index (χ4v) is 2.26. The Kier molecular flexibility index (Phi) is 5.32. The van der Waals surface area contributed by atoms with Gasteiger partial charge in [0.1, 0.15) is 6.61 Å². The molecule has 0 radical (unpaired) electrons. The van der Waals surface area contributed by atoms with Crippen molar-refractivity contribution in [2.75, 3.05) is 11.9 Å². The average Bonchev–Trinajstić information content (AvgIpc) is 2.43. The van der Waals surface area contributed by atoms with Gasteiger partial charge in [-0.15, -0.1) is 0 Å². The monoisotopic (exact) mass is 333 g/mol. The van der Waals surface area contributed by atoms with E-state index < -0.39 is 0 Å². The van der Waals surface area contributed by atoms with E-state index in [-0.39, 0.29) is 12.5 Å². The molecule has 4 heteroatoms. The van der Waals surface area contributed by atoms with Crippen molar-refractivity contribution in [3.05, 3.63) is 64.1 Å². The van der Waals surface area contributed by atoms with Crippen LogP contribution in [0, 0.1) is 6.92 Å². The molecule has 1 N–H and O–H groups in total. The minimum absolute atomic E-state index is 0.0460. The highest BCUT2D eigenvalue weighted by atomic mass is 79.9. The maximum atomic E-state index is 11.8. The zero-order valence-electron chi connectivity index (χ0n) is 11.2. The number of aryl methyl sites for hydroxylation is 1. The molecule has 0 unspecified atom stereocenters. The van der Waals surface area contributed by atoms with Crippen molar-refractivity contribution in [2.24, 2.45) is 0 Å². The zero-order chi connectivity index (χ0) is 14.4. The number of hydrogen-bond acceptors (Lipinski definition) is 2. The smallest absolute Gasteiger partial charge is 0.250 e. The summed E-state index contributed by atoms with van der Waals surface area (Å²) in [4.78, 5) is 11.8. The van der Waals surface area contributed by atoms with E-state index in [0.717, 1.165) is 21.3 Å². The van der Waals surface area contributed by atoms with Gasteiger partial charge in [-0.3, -0.25) is 4.79 Å². The molecule has 20 heavy (non-hydrogen) atoms. The highest BCUT2D eigenvalue weighted by Crippen LogP contribution is 2.19. The summed E-state index contributed by atoms with van der Waals surface area (Å²) in [5.74, 6) is -0.147. The van der Waals surface area contributed by atoms with Crippen LogP contribution >= 0.6 is 15.9 Å². The highest BCUT2D eigenvalue weighted by molar-refractivity contribution is 9.10. The topological polar surface area (TPSA) is 38.3 Å². The molecule has 2 rings (SSSR count). The van der Waals surface area contributed by atoms with E-state index in [0.29, 0.717) is 6.61 Å². The third-order valence-electron chi connectivity index (χ3n) is 2.81. The minimum atomic E-state index is -0.147. The molecular weight excluding hydrogens is 318 g/mol. The Morgan fingerprint density at radius 1 is 1.20 bits per heavy atom. The Hall–Kier alpha value is -1.65. The van der Waals surface area contributed by atoms with E-state index in [1.165, 1.54) is 0 Å². The minimum Gasteiger partial charge on any atom is -0.367 e. The first-order valence-electron chi connectivity index (χ1n) is 6.33. The van der Waals surface area contributed by atoms with Gasteiger partial charge in [0.25, 0.3) is 0 Å². The molecule has 2 aromatic carbocycles. The maximum Gasteiger partial charge on any atom is 0.250 e. The van der Waals surface area contributed by atoms with Gasteiger partial charge in [-0.05, 0) is 36.2 Å². The molecule has 0 bridgehead atoms. The lowest BCUT2D eigenvalue weighted by atomic mass is 10.2. The number of ether oxygens (including phenoxy) is 1. The second kappa shape index (κ2) is 7.22. The molecule has 0 fully saturated rings. The van der Waals surface area contributed by atoms with Crippen molar-refractivity contribution in [3.8, 4) is 0 Å². The molecule has 2 aromatic rings. The van der Waals surface area contributed by atoms with Crippen LogP contribution in [0.25, 0.3) is 0 Å². The standard InChI is InChI=1S/C16H16BrNO2/c1-12-9-14(17)7-8-15(12)18-16(19)11-20-10-13-5-3-2-4-6-13/h2-9H,10-11H2,1H3,(H,18,19). The van der Waals surface area contributed by atoms with Gasteiger partial charge in [-0.25, -0.2) is 0 Å². The van der Waals surface area contributed by atoms with Gasteiger partial charge in [-0.2, -0.15) is 0 Å². The molecular formula is C16H16BrNO2. The predicted molar refractivity (Wildman–Crippen MR) is 83.6 cm³/mol. The first-order valence-corrected chi connectivity index (χ1v) is 7.12. The first kappa shape index (κ1) is 14.8. The molecule has 1 amide bonds. The number of carbonyl (C=O) groups is 1. The van der Waals surface area contributed by atoms with Crippen LogP contribution in [0.1, 0.15) is 11.1 Å². The van der Waals surface area contributed by atoms with Crippen LogP contribution in [0.4, 0.5) is 5.69 Å². The molecule has 0 saturated heterocycles. The van der Waals surface area contributed by atoms with Crippen LogP contribution in [-0.2, 0) is 16.1 Å². The van der Waals surface area contributed by atoms with Crippen molar-refractivity contribution >= 4 is 27.5 Å². The molecule has 0 spiro atoms. The molecule has 0 aromatic heterocycles. The van der Waals surface area contributed by atoms with Gasteiger partial charge in [0.05, 0.1) is 6.61 Å². The van der Waals surface area contributed by atoms with Crippen LogP contribution in [0.3, 0.4) is 0 Å². The number of anilines is 1. The van der Waals surface area contributed by atoms with Crippen molar-refractivity contribution < 1.29 is 9.53 Å². The first-order chi connectivity index (χ1) is 9.65. The Balaban J connectivity index is 1.81. The van der Waals surface area contributed by atoms with Crippen LogP contribution in [0.5, 0.6) is 0 Å². The lowest BCUT2D eigenvalue weighted by Crippen LogP contribution is -2.18. The molecule has 0 aliphatic heterocycles. The predicted octanol–water partition coefficient (Wildman–Crippen LogP) is 3.91. The van der Waals surface area contributed by atoms with Gasteiger partial charge < -0.3 is 10.1 Å². The number of halogens is 1. The van der Waals surface area contributed by atoms with Crippen LogP contribution in [-0.4, -0.2) is 12.5 Å². The molecule has 0 aliphatic carbocycles. The van der Waals surface area contributed by atoms with E-state index in [1.54, 1.807) is 0 Å². The van der Waals surface area contributed by atoms with E-state index >= 15 is 0 Å². The number of hydrogen-bond donors (Lipinski definition) is 1. The van der Waals surface area contributed by atoms with E-state index in [2.05, 4.69) is 21.2 Å².